The van der Waals surface area contributed by atoms with Gasteiger partial charge in [-0.2, -0.15) is 0 Å². The normalized spacial score (nSPS) is 12.6. The van der Waals surface area contributed by atoms with Gasteiger partial charge in [-0.25, -0.2) is 9.97 Å². The minimum atomic E-state index is 0.613. The van der Waals surface area contributed by atoms with Gasteiger partial charge in [0.25, 0.3) is 0 Å². The molecule has 0 amide bonds. The lowest BCUT2D eigenvalue weighted by Crippen LogP contribution is -2.33. The van der Waals surface area contributed by atoms with Crippen molar-refractivity contribution in [1.82, 2.24) is 14.9 Å². The Morgan fingerprint density at radius 3 is 2.40 bits per heavy atom. The Kier molecular flexibility index (Phi) is 6.71. The molecule has 0 aliphatic heterocycles. The molecule has 0 fully saturated rings. The first-order valence-electron chi connectivity index (χ1n) is 7.52. The molecular weight excluding hydrogens is 250 g/mol. The van der Waals surface area contributed by atoms with Crippen molar-refractivity contribution >= 4 is 11.6 Å². The van der Waals surface area contributed by atoms with E-state index >= 15 is 0 Å². The van der Waals surface area contributed by atoms with Gasteiger partial charge in [-0.3, -0.25) is 0 Å². The predicted octanol–water partition coefficient (Wildman–Crippen LogP) is 2.53. The fourth-order valence-electron chi connectivity index (χ4n) is 2.02. The van der Waals surface area contributed by atoms with Crippen molar-refractivity contribution in [2.45, 2.75) is 46.6 Å². The van der Waals surface area contributed by atoms with Crippen LogP contribution in [-0.2, 0) is 6.42 Å². The molecule has 1 aromatic rings. The smallest absolute Gasteiger partial charge is 0.134 e. The number of likely N-dealkylation sites (N-methyl/N-ethyl adjacent to an activating group) is 1. The molecule has 1 rings (SSSR count). The van der Waals surface area contributed by atoms with E-state index in [2.05, 4.69) is 53.3 Å². The second kappa shape index (κ2) is 8.04. The van der Waals surface area contributed by atoms with E-state index < -0.39 is 0 Å². The Morgan fingerprint density at radius 1 is 1.20 bits per heavy atom. The summed E-state index contributed by atoms with van der Waals surface area (Å²) in [5, 5.41) is 6.57. The number of hydrogen-bond donors (Lipinski definition) is 2. The Hall–Kier alpha value is -1.36. The SMILES string of the molecule is CCc1nc(NC)c(C)c(NCCN(C)C(C)CC)n1. The van der Waals surface area contributed by atoms with Crippen LogP contribution < -0.4 is 10.6 Å². The zero-order valence-electron chi connectivity index (χ0n) is 13.7. The maximum Gasteiger partial charge on any atom is 0.134 e. The molecule has 114 valence electrons. The van der Waals surface area contributed by atoms with Crippen molar-refractivity contribution in [2.24, 2.45) is 0 Å². The van der Waals surface area contributed by atoms with Crippen molar-refractivity contribution in [3.8, 4) is 0 Å². The standard InChI is InChI=1S/C15H29N5/c1-7-11(3)20(6)10-9-17-15-12(4)14(16-5)18-13(8-2)19-15/h11H,7-10H2,1-6H3,(H2,16,17,18,19). The van der Waals surface area contributed by atoms with Crippen LogP contribution in [0.3, 0.4) is 0 Å². The second-order valence-corrected chi connectivity index (χ2v) is 5.23. The van der Waals surface area contributed by atoms with Crippen molar-refractivity contribution < 1.29 is 0 Å². The Bertz CT molecular complexity index is 419. The summed E-state index contributed by atoms with van der Waals surface area (Å²) in [6.45, 7) is 10.5. The summed E-state index contributed by atoms with van der Waals surface area (Å²) in [4.78, 5) is 11.4. The van der Waals surface area contributed by atoms with Crippen LogP contribution in [0.4, 0.5) is 11.6 Å². The minimum Gasteiger partial charge on any atom is -0.373 e. The number of aryl methyl sites for hydroxylation is 1. The molecule has 1 unspecified atom stereocenters. The maximum absolute atomic E-state index is 4.58. The minimum absolute atomic E-state index is 0.613. The maximum atomic E-state index is 4.58. The van der Waals surface area contributed by atoms with Gasteiger partial charge in [-0.05, 0) is 27.3 Å². The van der Waals surface area contributed by atoms with Crippen LogP contribution in [0.1, 0.15) is 38.6 Å². The van der Waals surface area contributed by atoms with Gasteiger partial charge < -0.3 is 15.5 Å². The molecular formula is C15H29N5. The molecule has 0 bridgehead atoms. The Balaban J connectivity index is 2.68. The first-order chi connectivity index (χ1) is 9.53. The van der Waals surface area contributed by atoms with E-state index in [0.29, 0.717) is 6.04 Å². The van der Waals surface area contributed by atoms with Crippen LogP contribution in [0.2, 0.25) is 0 Å². The lowest BCUT2D eigenvalue weighted by atomic mass is 10.2. The monoisotopic (exact) mass is 279 g/mol. The molecule has 0 aliphatic rings. The van der Waals surface area contributed by atoms with Crippen molar-refractivity contribution in [3.05, 3.63) is 11.4 Å². The summed E-state index contributed by atoms with van der Waals surface area (Å²) in [5.41, 5.74) is 1.08. The third-order valence-electron chi connectivity index (χ3n) is 3.85. The first-order valence-corrected chi connectivity index (χ1v) is 7.52. The molecule has 0 radical (unpaired) electrons. The summed E-state index contributed by atoms with van der Waals surface area (Å²) >= 11 is 0. The van der Waals surface area contributed by atoms with E-state index in [-0.39, 0.29) is 0 Å². The molecule has 2 N–H and O–H groups in total. The van der Waals surface area contributed by atoms with E-state index in [1.165, 1.54) is 6.42 Å². The Morgan fingerprint density at radius 2 is 1.85 bits per heavy atom. The number of hydrogen-bond acceptors (Lipinski definition) is 5. The average molecular weight is 279 g/mol. The molecule has 1 atom stereocenters. The molecule has 1 aromatic heterocycles. The second-order valence-electron chi connectivity index (χ2n) is 5.23. The average Bonchev–Trinajstić information content (AvgIpc) is 2.47. The van der Waals surface area contributed by atoms with Gasteiger partial charge in [0, 0.05) is 38.2 Å². The number of aromatic nitrogens is 2. The van der Waals surface area contributed by atoms with Crippen molar-refractivity contribution in [2.75, 3.05) is 37.8 Å². The van der Waals surface area contributed by atoms with Crippen molar-refractivity contribution in [3.63, 3.8) is 0 Å². The van der Waals surface area contributed by atoms with Crippen LogP contribution >= 0.6 is 0 Å². The lowest BCUT2D eigenvalue weighted by molar-refractivity contribution is 0.261. The zero-order chi connectivity index (χ0) is 15.1. The predicted molar refractivity (Wildman–Crippen MR) is 86.6 cm³/mol. The summed E-state index contributed by atoms with van der Waals surface area (Å²) in [7, 11) is 4.06. The zero-order valence-corrected chi connectivity index (χ0v) is 13.7. The summed E-state index contributed by atoms with van der Waals surface area (Å²) in [6.07, 6.45) is 2.02. The van der Waals surface area contributed by atoms with E-state index in [9.17, 15) is 0 Å². The molecule has 5 nitrogen and oxygen atoms in total. The van der Waals surface area contributed by atoms with E-state index in [4.69, 9.17) is 0 Å². The third-order valence-corrected chi connectivity index (χ3v) is 3.85. The summed E-state index contributed by atoms with van der Waals surface area (Å²) in [5.74, 6) is 2.73. The van der Waals surface area contributed by atoms with Crippen LogP contribution in [0.15, 0.2) is 0 Å². The van der Waals surface area contributed by atoms with E-state index in [1.54, 1.807) is 0 Å². The molecule has 20 heavy (non-hydrogen) atoms. The topological polar surface area (TPSA) is 53.1 Å². The Labute approximate surface area is 123 Å². The number of rotatable bonds is 8. The fourth-order valence-corrected chi connectivity index (χ4v) is 2.02. The molecule has 0 saturated heterocycles. The van der Waals surface area contributed by atoms with Gasteiger partial charge >= 0.3 is 0 Å². The highest BCUT2D eigenvalue weighted by Gasteiger charge is 2.10. The van der Waals surface area contributed by atoms with Crippen LogP contribution in [0.25, 0.3) is 0 Å². The molecule has 5 heteroatoms. The third kappa shape index (κ3) is 4.34. The molecule has 0 spiro atoms. The molecule has 0 aliphatic carbocycles. The quantitative estimate of drug-likeness (QED) is 0.766. The van der Waals surface area contributed by atoms with Crippen LogP contribution in [0, 0.1) is 6.92 Å². The fraction of sp³-hybridized carbons (Fsp3) is 0.733. The van der Waals surface area contributed by atoms with Gasteiger partial charge in [0.1, 0.15) is 17.5 Å². The highest BCUT2D eigenvalue weighted by molar-refractivity contribution is 5.56. The lowest BCUT2D eigenvalue weighted by Gasteiger charge is -2.23. The van der Waals surface area contributed by atoms with Gasteiger partial charge in [-0.1, -0.05) is 13.8 Å². The van der Waals surface area contributed by atoms with E-state index in [1.807, 2.05) is 14.0 Å². The van der Waals surface area contributed by atoms with Gasteiger partial charge in [-0.15, -0.1) is 0 Å². The molecule has 0 aromatic carbocycles. The number of nitrogens with one attached hydrogen (secondary N) is 2. The number of nitrogens with zero attached hydrogens (tertiary/aromatic N) is 3. The van der Waals surface area contributed by atoms with Crippen LogP contribution in [-0.4, -0.2) is 48.1 Å². The van der Waals surface area contributed by atoms with Gasteiger partial charge in [0.05, 0.1) is 0 Å². The number of anilines is 2. The van der Waals surface area contributed by atoms with Crippen LogP contribution in [0.5, 0.6) is 0 Å². The molecule has 0 saturated carbocycles. The summed E-state index contributed by atoms with van der Waals surface area (Å²) in [6, 6.07) is 0.613. The van der Waals surface area contributed by atoms with E-state index in [0.717, 1.165) is 42.5 Å². The van der Waals surface area contributed by atoms with Gasteiger partial charge in [0.15, 0.2) is 0 Å². The highest BCUT2D eigenvalue weighted by Crippen LogP contribution is 2.19. The van der Waals surface area contributed by atoms with Crippen molar-refractivity contribution in [1.29, 1.82) is 0 Å². The molecule has 1 heterocycles. The van der Waals surface area contributed by atoms with Gasteiger partial charge in [0.2, 0.25) is 0 Å². The highest BCUT2D eigenvalue weighted by atomic mass is 15.2. The first kappa shape index (κ1) is 16.7. The largest absolute Gasteiger partial charge is 0.373 e. The summed E-state index contributed by atoms with van der Waals surface area (Å²) < 4.78 is 0.